The number of pyridine rings is 1. The maximum Gasteiger partial charge on any atom is 0.164 e. The molecule has 2 aliphatic rings. The Bertz CT molecular complexity index is 1390. The number of rotatable bonds is 6. The van der Waals surface area contributed by atoms with Gasteiger partial charge in [0.1, 0.15) is 54.3 Å². The fourth-order valence-corrected chi connectivity index (χ4v) is 4.90. The molecule has 4 atom stereocenters. The first-order valence-corrected chi connectivity index (χ1v) is 11.7. The van der Waals surface area contributed by atoms with E-state index in [0.717, 1.165) is 39.3 Å². The van der Waals surface area contributed by atoms with Crippen molar-refractivity contribution in [1.82, 2.24) is 19.5 Å². The molecule has 2 N–H and O–H groups in total. The predicted molar refractivity (Wildman–Crippen MR) is 132 cm³/mol. The van der Waals surface area contributed by atoms with Gasteiger partial charge in [-0.2, -0.15) is 0 Å². The second-order valence-corrected chi connectivity index (χ2v) is 9.17. The Morgan fingerprint density at radius 3 is 2.69 bits per heavy atom. The molecule has 2 fully saturated rings. The lowest BCUT2D eigenvalue weighted by atomic mass is 10.1. The van der Waals surface area contributed by atoms with Crippen molar-refractivity contribution in [2.24, 2.45) is 0 Å². The summed E-state index contributed by atoms with van der Waals surface area (Å²) in [7, 11) is 3.69. The summed E-state index contributed by atoms with van der Waals surface area (Å²) in [4.78, 5) is 13.4. The molecule has 2 saturated heterocycles. The fourth-order valence-electron chi connectivity index (χ4n) is 4.90. The van der Waals surface area contributed by atoms with E-state index >= 15 is 0 Å². The Morgan fingerprint density at radius 1 is 1.03 bits per heavy atom. The predicted octanol–water partition coefficient (Wildman–Crippen LogP) is 3.56. The lowest BCUT2D eigenvalue weighted by Crippen LogP contribution is -2.33. The van der Waals surface area contributed by atoms with Crippen LogP contribution in [0.25, 0.3) is 21.9 Å². The first-order chi connectivity index (χ1) is 17.0. The molecule has 6 rings (SSSR count). The van der Waals surface area contributed by atoms with E-state index in [0.29, 0.717) is 6.61 Å². The van der Waals surface area contributed by atoms with Crippen LogP contribution in [0, 0.1) is 0 Å². The highest BCUT2D eigenvalue weighted by molar-refractivity contribution is 5.87. The second kappa shape index (κ2) is 8.33. The first-order valence-electron chi connectivity index (χ1n) is 11.7. The van der Waals surface area contributed by atoms with Crippen LogP contribution in [0.5, 0.6) is 5.75 Å². The van der Waals surface area contributed by atoms with Gasteiger partial charge < -0.3 is 34.1 Å². The van der Waals surface area contributed by atoms with E-state index < -0.39 is 12.0 Å². The zero-order valence-electron chi connectivity index (χ0n) is 20.1. The number of nitrogens with zero attached hydrogens (tertiary/aromatic N) is 4. The highest BCUT2D eigenvalue weighted by Crippen LogP contribution is 2.44. The molecular formula is C25H28N6O4. The molecule has 0 aliphatic carbocycles. The summed E-state index contributed by atoms with van der Waals surface area (Å²) in [6, 6.07) is 11.8. The van der Waals surface area contributed by atoms with Gasteiger partial charge in [0.25, 0.3) is 0 Å². The first kappa shape index (κ1) is 22.0. The zero-order valence-corrected chi connectivity index (χ0v) is 20.1. The summed E-state index contributed by atoms with van der Waals surface area (Å²) >= 11 is 0. The van der Waals surface area contributed by atoms with Crippen LogP contribution in [-0.4, -0.2) is 64.3 Å². The van der Waals surface area contributed by atoms with Gasteiger partial charge in [-0.3, -0.25) is 0 Å². The Morgan fingerprint density at radius 2 is 1.86 bits per heavy atom. The largest absolute Gasteiger partial charge is 0.491 e. The van der Waals surface area contributed by atoms with Crippen LogP contribution in [0.15, 0.2) is 48.9 Å². The number of hydrogen-bond acceptors (Lipinski definition) is 9. The number of anilines is 2. The van der Waals surface area contributed by atoms with Gasteiger partial charge >= 0.3 is 0 Å². The monoisotopic (exact) mass is 476 g/mol. The van der Waals surface area contributed by atoms with E-state index in [1.54, 1.807) is 6.33 Å². The Balaban J connectivity index is 1.26. The van der Waals surface area contributed by atoms with Crippen molar-refractivity contribution in [3.8, 4) is 5.75 Å². The van der Waals surface area contributed by atoms with E-state index in [4.69, 9.17) is 18.9 Å². The van der Waals surface area contributed by atoms with E-state index in [-0.39, 0.29) is 18.3 Å². The summed E-state index contributed by atoms with van der Waals surface area (Å²) in [5.41, 5.74) is 1.63. The Kier molecular flexibility index (Phi) is 5.24. The molecule has 1 aromatic carbocycles. The van der Waals surface area contributed by atoms with Crippen LogP contribution in [-0.2, 0) is 14.2 Å². The quantitative estimate of drug-likeness (QED) is 0.432. The normalized spacial score (nSPS) is 25.1. The molecular weight excluding hydrogens is 448 g/mol. The molecule has 0 saturated carbocycles. The van der Waals surface area contributed by atoms with Gasteiger partial charge in [0.2, 0.25) is 0 Å². The average Bonchev–Trinajstić information content (AvgIpc) is 3.52. The second-order valence-electron chi connectivity index (χ2n) is 9.17. The van der Waals surface area contributed by atoms with E-state index in [1.165, 1.54) is 0 Å². The minimum atomic E-state index is -0.722. The van der Waals surface area contributed by atoms with Crippen LogP contribution in [0.2, 0.25) is 0 Å². The van der Waals surface area contributed by atoms with Crippen LogP contribution < -0.4 is 15.4 Å². The number of ether oxygens (including phenoxy) is 4. The minimum absolute atomic E-state index is 0.285. The van der Waals surface area contributed by atoms with E-state index in [2.05, 4.69) is 25.6 Å². The third kappa shape index (κ3) is 3.83. The van der Waals surface area contributed by atoms with Gasteiger partial charge in [-0.15, -0.1) is 0 Å². The van der Waals surface area contributed by atoms with E-state index in [9.17, 15) is 0 Å². The SMILES string of the molecule is CNc1ccc2ccc(OC[C@H]3O[C@@H](n4ccc5c(NC)ncnc54)[C@@H]4OC(C)(C)O[C@@H]43)cc2n1. The molecule has 182 valence electrons. The van der Waals surface area contributed by atoms with Crippen LogP contribution in [0.3, 0.4) is 0 Å². The molecule has 0 amide bonds. The summed E-state index contributed by atoms with van der Waals surface area (Å²) < 4.78 is 27.2. The number of fused-ring (bicyclic) bond motifs is 3. The number of aromatic nitrogens is 4. The van der Waals surface area contributed by atoms with Crippen LogP contribution in [0.1, 0.15) is 20.1 Å². The number of nitrogens with one attached hydrogen (secondary N) is 2. The summed E-state index contributed by atoms with van der Waals surface area (Å²) in [6.07, 6.45) is 2.16. The molecule has 2 aliphatic heterocycles. The van der Waals surface area contributed by atoms with Gasteiger partial charge in [0, 0.05) is 31.7 Å². The molecule has 5 heterocycles. The van der Waals surface area contributed by atoms with Gasteiger partial charge in [0.15, 0.2) is 12.0 Å². The Labute approximate surface area is 202 Å². The Hall–Kier alpha value is -3.47. The van der Waals surface area contributed by atoms with E-state index in [1.807, 2.05) is 75.1 Å². The third-order valence-electron chi connectivity index (χ3n) is 6.48. The minimum Gasteiger partial charge on any atom is -0.491 e. The van der Waals surface area contributed by atoms with Crippen molar-refractivity contribution in [3.05, 3.63) is 48.9 Å². The molecule has 10 heteroatoms. The zero-order chi connectivity index (χ0) is 24.2. The summed E-state index contributed by atoms with van der Waals surface area (Å²) in [5.74, 6) is 1.57. The maximum absolute atomic E-state index is 6.48. The van der Waals surface area contributed by atoms with Crippen LogP contribution in [0.4, 0.5) is 11.6 Å². The highest BCUT2D eigenvalue weighted by Gasteiger charge is 2.56. The van der Waals surface area contributed by atoms with Crippen molar-refractivity contribution >= 4 is 33.6 Å². The summed E-state index contributed by atoms with van der Waals surface area (Å²) in [5, 5.41) is 8.14. The van der Waals surface area contributed by atoms with Gasteiger partial charge in [-0.25, -0.2) is 15.0 Å². The molecule has 4 aromatic rings. The average molecular weight is 477 g/mol. The standard InChI is InChI=1S/C25H28N6O4/c1-25(2)34-20-18(12-32-15-7-5-14-6-8-19(26-3)30-17(14)11-15)33-24(21(20)35-25)31-10-9-16-22(27-4)28-13-29-23(16)31/h5-11,13,18,20-21,24H,12H2,1-4H3,(H,26,30)(H,27,28,29)/t18-,20-,21-,24-/m1/s1. The lowest BCUT2D eigenvalue weighted by molar-refractivity contribution is -0.198. The molecule has 0 spiro atoms. The van der Waals surface area contributed by atoms with Gasteiger partial charge in [-0.05, 0) is 44.2 Å². The smallest absolute Gasteiger partial charge is 0.164 e. The van der Waals surface area contributed by atoms with Crippen molar-refractivity contribution < 1.29 is 18.9 Å². The van der Waals surface area contributed by atoms with Crippen molar-refractivity contribution in [2.45, 2.75) is 44.2 Å². The maximum atomic E-state index is 6.48. The molecule has 10 nitrogen and oxygen atoms in total. The number of benzene rings is 1. The molecule has 0 unspecified atom stereocenters. The van der Waals surface area contributed by atoms with Crippen molar-refractivity contribution in [3.63, 3.8) is 0 Å². The molecule has 0 bridgehead atoms. The highest BCUT2D eigenvalue weighted by atomic mass is 16.8. The topological polar surface area (TPSA) is 105 Å². The summed E-state index contributed by atoms with van der Waals surface area (Å²) in [6.45, 7) is 4.15. The lowest BCUT2D eigenvalue weighted by Gasteiger charge is -2.25. The van der Waals surface area contributed by atoms with Gasteiger partial charge in [0.05, 0.1) is 10.9 Å². The van der Waals surface area contributed by atoms with Crippen molar-refractivity contribution in [2.75, 3.05) is 31.3 Å². The molecule has 35 heavy (non-hydrogen) atoms. The fraction of sp³-hybridized carbons (Fsp3) is 0.400. The third-order valence-corrected chi connectivity index (χ3v) is 6.48. The number of hydrogen-bond donors (Lipinski definition) is 2. The van der Waals surface area contributed by atoms with Crippen LogP contribution >= 0.6 is 0 Å². The van der Waals surface area contributed by atoms with Crippen molar-refractivity contribution in [1.29, 1.82) is 0 Å². The molecule has 3 aromatic heterocycles. The van der Waals surface area contributed by atoms with Gasteiger partial charge in [-0.1, -0.05) is 0 Å². The molecule has 0 radical (unpaired) electrons.